The highest BCUT2D eigenvalue weighted by molar-refractivity contribution is 5.80. The number of aliphatic hydroxyl groups excluding tert-OH is 1. The van der Waals surface area contributed by atoms with E-state index >= 15 is 0 Å². The van der Waals surface area contributed by atoms with E-state index in [4.69, 9.17) is 9.15 Å². The van der Waals surface area contributed by atoms with E-state index in [2.05, 4.69) is 17.1 Å². The van der Waals surface area contributed by atoms with Crippen LogP contribution in [0.5, 0.6) is 5.75 Å². The molecule has 4 heteroatoms. The van der Waals surface area contributed by atoms with E-state index in [1.54, 1.807) is 0 Å². The lowest BCUT2D eigenvalue weighted by molar-refractivity contribution is 0.0668. The topological polar surface area (TPSA) is 55.5 Å². The van der Waals surface area contributed by atoms with Crippen molar-refractivity contribution in [2.24, 2.45) is 5.92 Å². The van der Waals surface area contributed by atoms with Gasteiger partial charge in [-0.15, -0.1) is 0 Å². The predicted octanol–water partition coefficient (Wildman–Crippen LogP) is 6.17. The van der Waals surface area contributed by atoms with Gasteiger partial charge < -0.3 is 14.3 Å². The first-order valence-corrected chi connectivity index (χ1v) is 10.5. The number of ether oxygens (including phenoxy) is 1. The van der Waals surface area contributed by atoms with Crippen molar-refractivity contribution in [1.29, 1.82) is 0 Å². The Hall–Kier alpha value is -2.85. The van der Waals surface area contributed by atoms with Gasteiger partial charge in [-0.2, -0.15) is 0 Å². The summed E-state index contributed by atoms with van der Waals surface area (Å²) >= 11 is 0. The number of hydrogen-bond donors (Lipinski definition) is 1. The van der Waals surface area contributed by atoms with E-state index in [0.29, 0.717) is 18.3 Å². The third-order valence-electron chi connectivity index (χ3n) is 5.94. The average molecular weight is 387 g/mol. The van der Waals surface area contributed by atoms with Crippen LogP contribution >= 0.6 is 0 Å². The monoisotopic (exact) mass is 387 g/mol. The van der Waals surface area contributed by atoms with Gasteiger partial charge in [0.15, 0.2) is 0 Å². The minimum atomic E-state index is -0.520. The molecule has 2 heterocycles. The quantitative estimate of drug-likeness (QED) is 0.445. The number of pyridine rings is 1. The summed E-state index contributed by atoms with van der Waals surface area (Å²) in [7, 11) is 0. The summed E-state index contributed by atoms with van der Waals surface area (Å²) in [5.74, 6) is 1.74. The number of hydrogen-bond acceptors (Lipinski definition) is 4. The van der Waals surface area contributed by atoms with E-state index in [0.717, 1.165) is 46.2 Å². The maximum Gasteiger partial charge on any atom is 0.134 e. The van der Waals surface area contributed by atoms with Gasteiger partial charge in [0.25, 0.3) is 0 Å². The number of fused-ring (bicyclic) bond motifs is 2. The van der Waals surface area contributed by atoms with Crippen LogP contribution in [0.25, 0.3) is 21.9 Å². The maximum absolute atomic E-state index is 10.7. The second-order valence-electron chi connectivity index (χ2n) is 7.98. The Morgan fingerprint density at radius 1 is 0.966 bits per heavy atom. The SMILES string of the molecule is OC(c1cc2cc(OCc3ccc4ccccc4n3)ccc2o1)C1CCCCC1. The molecule has 0 bridgehead atoms. The fraction of sp³-hybridized carbons (Fsp3) is 0.320. The summed E-state index contributed by atoms with van der Waals surface area (Å²) in [4.78, 5) is 4.66. The normalized spacial score (nSPS) is 16.3. The van der Waals surface area contributed by atoms with Crippen LogP contribution in [0.15, 0.2) is 65.1 Å². The summed E-state index contributed by atoms with van der Waals surface area (Å²) in [6.07, 6.45) is 5.30. The van der Waals surface area contributed by atoms with E-state index in [9.17, 15) is 5.11 Å². The third kappa shape index (κ3) is 3.85. The molecular formula is C25H25NO3. The molecule has 29 heavy (non-hydrogen) atoms. The van der Waals surface area contributed by atoms with Crippen LogP contribution in [0.4, 0.5) is 0 Å². The largest absolute Gasteiger partial charge is 0.487 e. The zero-order valence-corrected chi connectivity index (χ0v) is 16.4. The molecule has 148 valence electrons. The van der Waals surface area contributed by atoms with E-state index in [1.807, 2.05) is 48.5 Å². The van der Waals surface area contributed by atoms with Crippen molar-refractivity contribution in [2.75, 3.05) is 0 Å². The first-order valence-electron chi connectivity index (χ1n) is 10.5. The molecule has 1 atom stereocenters. The third-order valence-corrected chi connectivity index (χ3v) is 5.94. The molecule has 2 aromatic heterocycles. The maximum atomic E-state index is 10.7. The molecule has 4 nitrogen and oxygen atoms in total. The minimum Gasteiger partial charge on any atom is -0.487 e. The van der Waals surface area contributed by atoms with Gasteiger partial charge >= 0.3 is 0 Å². The fourth-order valence-corrected chi connectivity index (χ4v) is 4.31. The number of benzene rings is 2. The molecule has 1 aliphatic carbocycles. The number of aromatic nitrogens is 1. The number of rotatable bonds is 5. The van der Waals surface area contributed by atoms with Gasteiger partial charge in [-0.3, -0.25) is 0 Å². The van der Waals surface area contributed by atoms with Crippen molar-refractivity contribution >= 4 is 21.9 Å². The van der Waals surface area contributed by atoms with Gasteiger partial charge in [-0.05, 0) is 55.2 Å². The van der Waals surface area contributed by atoms with Gasteiger partial charge in [0.2, 0.25) is 0 Å². The summed E-state index contributed by atoms with van der Waals surface area (Å²) in [6.45, 7) is 0.408. The second-order valence-corrected chi connectivity index (χ2v) is 7.98. The van der Waals surface area contributed by atoms with Gasteiger partial charge in [0.1, 0.15) is 29.8 Å². The molecule has 1 fully saturated rings. The Balaban J connectivity index is 1.31. The van der Waals surface area contributed by atoms with E-state index in [1.165, 1.54) is 19.3 Å². The molecule has 0 amide bonds. The van der Waals surface area contributed by atoms with Crippen molar-refractivity contribution in [3.05, 3.63) is 72.1 Å². The Bertz CT molecular complexity index is 1130. The molecular weight excluding hydrogens is 362 g/mol. The van der Waals surface area contributed by atoms with Gasteiger partial charge in [0.05, 0.1) is 11.2 Å². The first kappa shape index (κ1) is 18.2. The molecule has 1 unspecified atom stereocenters. The summed E-state index contributed by atoms with van der Waals surface area (Å²) in [5.41, 5.74) is 2.65. The number of furan rings is 1. The van der Waals surface area contributed by atoms with Crippen LogP contribution in [0, 0.1) is 5.92 Å². The lowest BCUT2D eigenvalue weighted by Crippen LogP contribution is -2.15. The molecule has 1 saturated carbocycles. The highest BCUT2D eigenvalue weighted by Crippen LogP contribution is 2.37. The van der Waals surface area contributed by atoms with Gasteiger partial charge in [-0.1, -0.05) is 43.5 Å². The molecule has 0 radical (unpaired) electrons. The second kappa shape index (κ2) is 7.88. The van der Waals surface area contributed by atoms with Crippen LogP contribution in [0.1, 0.15) is 49.7 Å². The Morgan fingerprint density at radius 2 is 1.83 bits per heavy atom. The molecule has 0 aliphatic heterocycles. The van der Waals surface area contributed by atoms with Crippen LogP contribution in [0.2, 0.25) is 0 Å². The molecule has 1 aliphatic rings. The van der Waals surface area contributed by atoms with Gasteiger partial charge in [-0.25, -0.2) is 4.98 Å². The van der Waals surface area contributed by atoms with Gasteiger partial charge in [0, 0.05) is 10.8 Å². The Morgan fingerprint density at radius 3 is 2.72 bits per heavy atom. The van der Waals surface area contributed by atoms with Crippen LogP contribution in [-0.4, -0.2) is 10.1 Å². The average Bonchev–Trinajstić information content (AvgIpc) is 3.21. The predicted molar refractivity (Wildman–Crippen MR) is 114 cm³/mol. The van der Waals surface area contributed by atoms with E-state index < -0.39 is 6.10 Å². The summed E-state index contributed by atoms with van der Waals surface area (Å²) < 4.78 is 11.9. The minimum absolute atomic E-state index is 0.305. The lowest BCUT2D eigenvalue weighted by atomic mass is 9.84. The molecule has 2 aromatic carbocycles. The van der Waals surface area contributed by atoms with Crippen molar-refractivity contribution in [3.8, 4) is 5.75 Å². The Labute approximate surface area is 170 Å². The fourth-order valence-electron chi connectivity index (χ4n) is 4.31. The van der Waals surface area contributed by atoms with E-state index in [-0.39, 0.29) is 0 Å². The molecule has 0 spiro atoms. The molecule has 0 saturated heterocycles. The number of nitrogens with zero attached hydrogens (tertiary/aromatic N) is 1. The summed E-state index contributed by atoms with van der Waals surface area (Å²) in [6, 6.07) is 19.9. The van der Waals surface area contributed by atoms with Crippen molar-refractivity contribution in [3.63, 3.8) is 0 Å². The number of aliphatic hydroxyl groups is 1. The van der Waals surface area contributed by atoms with Crippen LogP contribution in [-0.2, 0) is 6.61 Å². The zero-order chi connectivity index (χ0) is 19.6. The highest BCUT2D eigenvalue weighted by atomic mass is 16.5. The summed E-state index contributed by atoms with van der Waals surface area (Å²) in [5, 5.41) is 12.8. The van der Waals surface area contributed by atoms with Crippen molar-refractivity contribution in [1.82, 2.24) is 4.98 Å². The molecule has 1 N–H and O–H groups in total. The molecule has 4 aromatic rings. The van der Waals surface area contributed by atoms with Crippen molar-refractivity contribution in [2.45, 2.75) is 44.8 Å². The van der Waals surface area contributed by atoms with Crippen LogP contribution < -0.4 is 4.74 Å². The highest BCUT2D eigenvalue weighted by Gasteiger charge is 2.25. The van der Waals surface area contributed by atoms with Crippen LogP contribution in [0.3, 0.4) is 0 Å². The lowest BCUT2D eigenvalue weighted by Gasteiger charge is -2.25. The molecule has 5 rings (SSSR count). The number of para-hydroxylation sites is 1. The Kier molecular flexibility index (Phi) is 4.94. The smallest absolute Gasteiger partial charge is 0.134 e. The van der Waals surface area contributed by atoms with Crippen molar-refractivity contribution < 1.29 is 14.3 Å². The zero-order valence-electron chi connectivity index (χ0n) is 16.4. The first-order chi connectivity index (χ1) is 14.3. The standard InChI is InChI=1S/C25H25NO3/c27-25(18-7-2-1-3-8-18)24-15-19-14-21(12-13-23(19)29-24)28-16-20-11-10-17-6-4-5-9-22(17)26-20/h4-6,9-15,18,25,27H,1-3,7-8,16H2.